The van der Waals surface area contributed by atoms with Crippen molar-refractivity contribution in [3.05, 3.63) is 71.6 Å². The molecule has 1 aromatic heterocycles. The second-order valence-electron chi connectivity index (χ2n) is 7.77. The van der Waals surface area contributed by atoms with E-state index in [2.05, 4.69) is 17.2 Å². The summed E-state index contributed by atoms with van der Waals surface area (Å²) in [4.78, 5) is 31.4. The monoisotopic (exact) mass is 419 g/mol. The molecular weight excluding hydrogens is 394 g/mol. The smallest absolute Gasteiger partial charge is 0.325 e. The van der Waals surface area contributed by atoms with Gasteiger partial charge in [-0.2, -0.15) is 0 Å². The van der Waals surface area contributed by atoms with Crippen molar-refractivity contribution < 1.29 is 18.7 Å². The van der Waals surface area contributed by atoms with Gasteiger partial charge >= 0.3 is 6.03 Å². The van der Waals surface area contributed by atoms with Gasteiger partial charge in [-0.25, -0.2) is 9.78 Å². The number of carbonyl (C=O) groups excluding carboxylic acids is 2. The second kappa shape index (κ2) is 8.26. The van der Waals surface area contributed by atoms with Crippen LogP contribution in [0.2, 0.25) is 0 Å². The minimum Gasteiger partial charge on any atom is -0.497 e. The Kier molecular flexibility index (Phi) is 5.50. The molecule has 1 unspecified atom stereocenters. The molecule has 31 heavy (non-hydrogen) atoms. The molecule has 0 spiro atoms. The lowest BCUT2D eigenvalue weighted by Crippen LogP contribution is -2.40. The van der Waals surface area contributed by atoms with Crippen LogP contribution < -0.4 is 10.1 Å². The number of aryl methyl sites for hydroxylation is 1. The van der Waals surface area contributed by atoms with Crippen LogP contribution in [0.25, 0.3) is 11.5 Å². The lowest BCUT2D eigenvalue weighted by Gasteiger charge is -2.22. The van der Waals surface area contributed by atoms with Gasteiger partial charge in [-0.3, -0.25) is 9.69 Å². The van der Waals surface area contributed by atoms with E-state index < -0.39 is 11.6 Å². The Labute approximate surface area is 181 Å². The summed E-state index contributed by atoms with van der Waals surface area (Å²) >= 11 is 0. The highest BCUT2D eigenvalue weighted by molar-refractivity contribution is 6.07. The highest BCUT2D eigenvalue weighted by Gasteiger charge is 2.49. The molecule has 160 valence electrons. The van der Waals surface area contributed by atoms with E-state index in [4.69, 9.17) is 9.15 Å². The van der Waals surface area contributed by atoms with Crippen molar-refractivity contribution in [2.24, 2.45) is 0 Å². The van der Waals surface area contributed by atoms with E-state index in [0.29, 0.717) is 11.6 Å². The van der Waals surface area contributed by atoms with Gasteiger partial charge in [0.15, 0.2) is 0 Å². The molecule has 1 N–H and O–H groups in total. The molecule has 0 bridgehead atoms. The van der Waals surface area contributed by atoms with E-state index in [-0.39, 0.29) is 12.5 Å². The van der Waals surface area contributed by atoms with Gasteiger partial charge in [0.2, 0.25) is 5.89 Å². The van der Waals surface area contributed by atoms with Gasteiger partial charge in [0.1, 0.15) is 17.6 Å². The van der Waals surface area contributed by atoms with Crippen LogP contribution in [-0.2, 0) is 23.3 Å². The summed E-state index contributed by atoms with van der Waals surface area (Å²) in [5.41, 5.74) is 2.13. The van der Waals surface area contributed by atoms with Gasteiger partial charge in [0.25, 0.3) is 5.91 Å². The first-order valence-corrected chi connectivity index (χ1v) is 10.3. The largest absolute Gasteiger partial charge is 0.497 e. The molecule has 1 atom stereocenters. The Bertz CT molecular complexity index is 1090. The fourth-order valence-corrected chi connectivity index (χ4v) is 3.74. The highest BCUT2D eigenvalue weighted by atomic mass is 16.5. The average molecular weight is 419 g/mol. The van der Waals surface area contributed by atoms with Crippen LogP contribution in [0.5, 0.6) is 5.75 Å². The van der Waals surface area contributed by atoms with Crippen molar-refractivity contribution in [2.75, 3.05) is 7.11 Å². The molecule has 7 heteroatoms. The quantitative estimate of drug-likeness (QED) is 0.578. The lowest BCUT2D eigenvalue weighted by molar-refractivity contribution is -0.131. The number of benzene rings is 2. The summed E-state index contributed by atoms with van der Waals surface area (Å²) in [7, 11) is 1.60. The van der Waals surface area contributed by atoms with E-state index in [1.165, 1.54) is 16.7 Å². The number of carbonyl (C=O) groups is 2. The van der Waals surface area contributed by atoms with E-state index in [0.717, 1.165) is 29.7 Å². The highest BCUT2D eigenvalue weighted by Crippen LogP contribution is 2.30. The van der Waals surface area contributed by atoms with E-state index in [1.807, 2.05) is 48.5 Å². The number of imide groups is 1. The number of hydrogen-bond donors (Lipinski definition) is 1. The number of nitrogens with zero attached hydrogens (tertiary/aromatic N) is 2. The predicted molar refractivity (Wildman–Crippen MR) is 115 cm³/mol. The summed E-state index contributed by atoms with van der Waals surface area (Å²) < 4.78 is 10.7. The predicted octanol–water partition coefficient (Wildman–Crippen LogP) is 4.27. The van der Waals surface area contributed by atoms with Crippen LogP contribution >= 0.6 is 0 Å². The van der Waals surface area contributed by atoms with Crippen molar-refractivity contribution in [3.63, 3.8) is 0 Å². The van der Waals surface area contributed by atoms with Crippen molar-refractivity contribution in [3.8, 4) is 17.2 Å². The molecule has 2 aromatic carbocycles. The first-order chi connectivity index (χ1) is 14.9. The maximum Gasteiger partial charge on any atom is 0.325 e. The summed E-state index contributed by atoms with van der Waals surface area (Å²) in [5.74, 6) is 0.839. The van der Waals surface area contributed by atoms with Gasteiger partial charge < -0.3 is 14.5 Å². The number of methoxy groups -OCH3 is 1. The van der Waals surface area contributed by atoms with Crippen molar-refractivity contribution >= 4 is 11.9 Å². The Balaban J connectivity index is 1.51. The fraction of sp³-hybridized carbons (Fsp3) is 0.292. The van der Waals surface area contributed by atoms with Crippen molar-refractivity contribution in [2.45, 2.75) is 38.8 Å². The molecule has 0 radical (unpaired) electrons. The molecule has 3 amide bonds. The van der Waals surface area contributed by atoms with Crippen molar-refractivity contribution in [1.82, 2.24) is 15.2 Å². The molecular formula is C24H25N3O4. The number of rotatable bonds is 7. The Morgan fingerprint density at radius 1 is 1.10 bits per heavy atom. The Morgan fingerprint density at radius 3 is 2.45 bits per heavy atom. The summed E-state index contributed by atoms with van der Waals surface area (Å²) in [5, 5.41) is 2.83. The summed E-state index contributed by atoms with van der Waals surface area (Å²) in [6, 6.07) is 14.7. The normalized spacial score (nSPS) is 18.4. The van der Waals surface area contributed by atoms with Crippen LogP contribution in [0, 0.1) is 0 Å². The summed E-state index contributed by atoms with van der Waals surface area (Å²) in [6.45, 7) is 3.89. The maximum absolute atomic E-state index is 13.2. The van der Waals surface area contributed by atoms with Gasteiger partial charge in [0, 0.05) is 5.56 Å². The second-order valence-corrected chi connectivity index (χ2v) is 7.77. The van der Waals surface area contributed by atoms with Crippen LogP contribution in [0.3, 0.4) is 0 Å². The van der Waals surface area contributed by atoms with Crippen LogP contribution in [0.1, 0.15) is 37.1 Å². The van der Waals surface area contributed by atoms with Crippen LogP contribution in [0.4, 0.5) is 4.79 Å². The lowest BCUT2D eigenvalue weighted by atomic mass is 9.91. The zero-order chi connectivity index (χ0) is 22.0. The number of ether oxygens (including phenoxy) is 1. The topological polar surface area (TPSA) is 84.7 Å². The third kappa shape index (κ3) is 3.91. The first kappa shape index (κ1) is 20.7. The Hall–Kier alpha value is -3.61. The molecule has 1 aliphatic rings. The van der Waals surface area contributed by atoms with Gasteiger partial charge in [-0.05, 0) is 48.7 Å². The van der Waals surface area contributed by atoms with Crippen LogP contribution in [-0.4, -0.2) is 28.9 Å². The molecule has 4 rings (SSSR count). The number of hydrogen-bond acceptors (Lipinski definition) is 5. The van der Waals surface area contributed by atoms with Crippen molar-refractivity contribution in [1.29, 1.82) is 0 Å². The molecule has 7 nitrogen and oxygen atoms in total. The number of nitrogens with one attached hydrogen (secondary N) is 1. The van der Waals surface area contributed by atoms with Gasteiger partial charge in [0.05, 0.1) is 19.3 Å². The molecule has 1 saturated heterocycles. The molecule has 2 heterocycles. The first-order valence-electron chi connectivity index (χ1n) is 10.3. The molecule has 1 fully saturated rings. The SMILES string of the molecule is CCCc1ccc(C2(C)NC(=O)N(Cc3coc(-c4ccc(OC)cc4)n3)C2=O)cc1. The molecule has 1 aliphatic heterocycles. The van der Waals surface area contributed by atoms with E-state index in [1.54, 1.807) is 14.0 Å². The standard InChI is InChI=1S/C24H25N3O4/c1-4-5-16-6-10-18(11-7-16)24(2)22(28)27(23(29)26-24)14-19-15-31-21(25-19)17-8-12-20(30-3)13-9-17/h6-13,15H,4-5,14H2,1-3H3,(H,26,29). The van der Waals surface area contributed by atoms with E-state index >= 15 is 0 Å². The Morgan fingerprint density at radius 2 is 1.81 bits per heavy atom. The summed E-state index contributed by atoms with van der Waals surface area (Å²) in [6.07, 6.45) is 3.50. The number of aromatic nitrogens is 1. The molecule has 0 aliphatic carbocycles. The number of urea groups is 1. The third-order valence-electron chi connectivity index (χ3n) is 5.55. The third-order valence-corrected chi connectivity index (χ3v) is 5.55. The number of oxazole rings is 1. The molecule has 0 saturated carbocycles. The minimum atomic E-state index is -1.11. The average Bonchev–Trinajstić information content (AvgIpc) is 3.34. The molecule has 3 aromatic rings. The van der Waals surface area contributed by atoms with Gasteiger partial charge in [-0.15, -0.1) is 0 Å². The zero-order valence-corrected chi connectivity index (χ0v) is 17.8. The number of amides is 3. The fourth-order valence-electron chi connectivity index (χ4n) is 3.74. The zero-order valence-electron chi connectivity index (χ0n) is 17.8. The van der Waals surface area contributed by atoms with Gasteiger partial charge in [-0.1, -0.05) is 37.6 Å². The van der Waals surface area contributed by atoms with Crippen LogP contribution in [0.15, 0.2) is 59.2 Å². The maximum atomic E-state index is 13.2. The minimum absolute atomic E-state index is 0.0355. The van der Waals surface area contributed by atoms with E-state index in [9.17, 15) is 9.59 Å².